The zero-order chi connectivity index (χ0) is 10.6. The van der Waals surface area contributed by atoms with Crippen LogP contribution in [-0.2, 0) is 20.0 Å². The predicted molar refractivity (Wildman–Crippen MR) is 45.6 cm³/mol. The van der Waals surface area contributed by atoms with Crippen LogP contribution in [0.4, 0.5) is 13.2 Å². The molecule has 0 unspecified atom stereocenters. The van der Waals surface area contributed by atoms with Crippen molar-refractivity contribution in [2.45, 2.75) is 20.0 Å². The molecule has 0 amide bonds. The molecule has 1 rings (SSSR count). The lowest BCUT2D eigenvalue weighted by Gasteiger charge is -2.06. The Hall–Kier alpha value is -1.50. The van der Waals surface area contributed by atoms with E-state index in [1.54, 1.807) is 6.07 Å². The summed E-state index contributed by atoms with van der Waals surface area (Å²) in [5.74, 6) is 0. The molecular formula is C10H8F3N. The van der Waals surface area contributed by atoms with E-state index in [2.05, 4.69) is 0 Å². The molecule has 0 spiro atoms. The third-order valence-corrected chi connectivity index (χ3v) is 1.98. The van der Waals surface area contributed by atoms with E-state index in [1.807, 2.05) is 0 Å². The Balaban J connectivity index is 3.30. The Morgan fingerprint density at radius 2 is 1.43 bits per heavy atom. The SMILES string of the molecule is N#Cc1cc(CF)c(CF)cc1CF. The fourth-order valence-corrected chi connectivity index (χ4v) is 1.20. The van der Waals surface area contributed by atoms with Crippen LogP contribution in [0.25, 0.3) is 0 Å². The van der Waals surface area contributed by atoms with Gasteiger partial charge in [-0.05, 0) is 23.3 Å². The topological polar surface area (TPSA) is 23.8 Å². The van der Waals surface area contributed by atoms with Crippen molar-refractivity contribution in [2.75, 3.05) is 0 Å². The lowest BCUT2D eigenvalue weighted by molar-refractivity contribution is 0.450. The quantitative estimate of drug-likeness (QED) is 0.734. The van der Waals surface area contributed by atoms with Crippen LogP contribution >= 0.6 is 0 Å². The second kappa shape index (κ2) is 4.66. The number of hydrogen-bond donors (Lipinski definition) is 0. The molecule has 4 heteroatoms. The third kappa shape index (κ3) is 1.87. The van der Waals surface area contributed by atoms with Crippen molar-refractivity contribution in [3.05, 3.63) is 34.4 Å². The van der Waals surface area contributed by atoms with Gasteiger partial charge in [-0.2, -0.15) is 5.26 Å². The fourth-order valence-electron chi connectivity index (χ4n) is 1.20. The molecule has 0 fully saturated rings. The summed E-state index contributed by atoms with van der Waals surface area (Å²) in [4.78, 5) is 0. The number of alkyl halides is 3. The van der Waals surface area contributed by atoms with E-state index in [1.165, 1.54) is 12.1 Å². The largest absolute Gasteiger partial charge is 0.246 e. The van der Waals surface area contributed by atoms with E-state index >= 15 is 0 Å². The highest BCUT2D eigenvalue weighted by Gasteiger charge is 2.09. The summed E-state index contributed by atoms with van der Waals surface area (Å²) in [6, 6.07) is 4.14. The van der Waals surface area contributed by atoms with Crippen LogP contribution in [-0.4, -0.2) is 0 Å². The van der Waals surface area contributed by atoms with E-state index in [9.17, 15) is 13.2 Å². The van der Waals surface area contributed by atoms with Gasteiger partial charge in [0.25, 0.3) is 0 Å². The molecule has 0 saturated heterocycles. The highest BCUT2D eigenvalue weighted by molar-refractivity contribution is 5.44. The molecular weight excluding hydrogens is 191 g/mol. The molecule has 74 valence electrons. The first kappa shape index (κ1) is 10.6. The second-order valence-electron chi connectivity index (χ2n) is 2.79. The number of nitrogens with zero attached hydrogens (tertiary/aromatic N) is 1. The summed E-state index contributed by atoms with van der Waals surface area (Å²) >= 11 is 0. The highest BCUT2D eigenvalue weighted by atomic mass is 19.1. The van der Waals surface area contributed by atoms with E-state index in [-0.39, 0.29) is 22.3 Å². The first-order valence-electron chi connectivity index (χ1n) is 3.99. The van der Waals surface area contributed by atoms with Gasteiger partial charge in [-0.15, -0.1) is 0 Å². The highest BCUT2D eigenvalue weighted by Crippen LogP contribution is 2.19. The molecule has 0 aliphatic heterocycles. The average Bonchev–Trinajstić information content (AvgIpc) is 2.26. The summed E-state index contributed by atoms with van der Waals surface area (Å²) in [6.45, 7) is -2.54. The third-order valence-electron chi connectivity index (χ3n) is 1.98. The molecule has 1 nitrogen and oxygen atoms in total. The van der Waals surface area contributed by atoms with Crippen molar-refractivity contribution >= 4 is 0 Å². The Morgan fingerprint density at radius 1 is 0.929 bits per heavy atom. The van der Waals surface area contributed by atoms with Gasteiger partial charge in [0.2, 0.25) is 0 Å². The fraction of sp³-hybridized carbons (Fsp3) is 0.300. The molecule has 1 aromatic carbocycles. The van der Waals surface area contributed by atoms with Crippen molar-refractivity contribution in [3.63, 3.8) is 0 Å². The van der Waals surface area contributed by atoms with E-state index < -0.39 is 20.0 Å². The second-order valence-corrected chi connectivity index (χ2v) is 2.79. The molecule has 1 aromatic rings. The van der Waals surface area contributed by atoms with Crippen molar-refractivity contribution < 1.29 is 13.2 Å². The summed E-state index contributed by atoms with van der Waals surface area (Å²) < 4.78 is 37.1. The molecule has 14 heavy (non-hydrogen) atoms. The molecule has 0 N–H and O–H groups in total. The van der Waals surface area contributed by atoms with Crippen LogP contribution in [0.3, 0.4) is 0 Å². The van der Waals surface area contributed by atoms with Gasteiger partial charge >= 0.3 is 0 Å². The molecule has 0 radical (unpaired) electrons. The minimum atomic E-state index is -0.849. The monoisotopic (exact) mass is 199 g/mol. The van der Waals surface area contributed by atoms with Crippen LogP contribution in [0.15, 0.2) is 12.1 Å². The van der Waals surface area contributed by atoms with Gasteiger partial charge < -0.3 is 0 Å². The van der Waals surface area contributed by atoms with Gasteiger partial charge in [-0.25, -0.2) is 13.2 Å². The molecule has 0 aliphatic carbocycles. The lowest BCUT2D eigenvalue weighted by Crippen LogP contribution is -1.96. The van der Waals surface area contributed by atoms with Crippen LogP contribution in [0.1, 0.15) is 22.3 Å². The van der Waals surface area contributed by atoms with Gasteiger partial charge in [0, 0.05) is 5.56 Å². The molecule has 0 bridgehead atoms. The van der Waals surface area contributed by atoms with Gasteiger partial charge in [-0.1, -0.05) is 0 Å². The zero-order valence-corrected chi connectivity index (χ0v) is 7.36. The minimum Gasteiger partial charge on any atom is -0.246 e. The Morgan fingerprint density at radius 3 is 1.86 bits per heavy atom. The van der Waals surface area contributed by atoms with Crippen molar-refractivity contribution in [1.29, 1.82) is 5.26 Å². The normalized spacial score (nSPS) is 9.86. The van der Waals surface area contributed by atoms with Crippen LogP contribution in [0, 0.1) is 11.3 Å². The number of rotatable bonds is 3. The Kier molecular flexibility index (Phi) is 3.52. The zero-order valence-electron chi connectivity index (χ0n) is 7.36. The average molecular weight is 199 g/mol. The first-order chi connectivity index (χ1) is 6.76. The Bertz CT molecular complexity index is 368. The minimum absolute atomic E-state index is 0.0670. The van der Waals surface area contributed by atoms with Crippen LogP contribution < -0.4 is 0 Å². The van der Waals surface area contributed by atoms with E-state index in [4.69, 9.17) is 5.26 Å². The van der Waals surface area contributed by atoms with Gasteiger partial charge in [0.05, 0.1) is 11.6 Å². The van der Waals surface area contributed by atoms with E-state index in [0.717, 1.165) is 0 Å². The molecule has 0 saturated carbocycles. The van der Waals surface area contributed by atoms with Crippen molar-refractivity contribution in [1.82, 2.24) is 0 Å². The molecule has 0 atom stereocenters. The van der Waals surface area contributed by atoms with Gasteiger partial charge in [0.15, 0.2) is 0 Å². The number of nitriles is 1. The maximum Gasteiger partial charge on any atom is 0.116 e. The maximum atomic E-state index is 12.4. The summed E-state index contributed by atoms with van der Waals surface area (Å²) in [6.07, 6.45) is 0. The predicted octanol–water partition coefficient (Wildman–Crippen LogP) is 2.97. The first-order valence-corrected chi connectivity index (χ1v) is 3.99. The summed E-state index contributed by atoms with van der Waals surface area (Å²) in [5, 5.41) is 8.60. The van der Waals surface area contributed by atoms with Crippen molar-refractivity contribution in [2.24, 2.45) is 0 Å². The number of benzene rings is 1. The molecule has 0 aromatic heterocycles. The molecule has 0 aliphatic rings. The van der Waals surface area contributed by atoms with Gasteiger partial charge in [-0.3, -0.25) is 0 Å². The van der Waals surface area contributed by atoms with Crippen molar-refractivity contribution in [3.8, 4) is 6.07 Å². The Labute approximate surface area is 79.8 Å². The van der Waals surface area contributed by atoms with Crippen LogP contribution in [0.5, 0.6) is 0 Å². The van der Waals surface area contributed by atoms with Gasteiger partial charge in [0.1, 0.15) is 20.0 Å². The molecule has 0 heterocycles. The number of halogens is 3. The number of hydrogen-bond acceptors (Lipinski definition) is 1. The maximum absolute atomic E-state index is 12.4. The van der Waals surface area contributed by atoms with Crippen LogP contribution in [0.2, 0.25) is 0 Å². The standard InChI is InChI=1S/C10H8F3N/c11-3-7-1-9(5-13)10(6-14)2-8(7)4-12/h1-2H,3-5H2. The smallest absolute Gasteiger partial charge is 0.116 e. The summed E-state index contributed by atoms with van der Waals surface area (Å²) in [5.41, 5.74) is 0.398. The summed E-state index contributed by atoms with van der Waals surface area (Å²) in [7, 11) is 0. The lowest BCUT2D eigenvalue weighted by atomic mass is 10.0. The van der Waals surface area contributed by atoms with E-state index in [0.29, 0.717) is 0 Å².